The van der Waals surface area contributed by atoms with E-state index in [1.165, 1.54) is 26.0 Å². The van der Waals surface area contributed by atoms with Crippen LogP contribution < -0.4 is 5.32 Å². The van der Waals surface area contributed by atoms with E-state index in [0.29, 0.717) is 11.5 Å². The number of nitrogens with one attached hydrogen (secondary N) is 1. The van der Waals surface area contributed by atoms with Gasteiger partial charge in [0.1, 0.15) is 0 Å². The first-order chi connectivity index (χ1) is 8.30. The van der Waals surface area contributed by atoms with Gasteiger partial charge in [-0.3, -0.25) is 0 Å². The monoisotopic (exact) mass is 395 g/mol. The third kappa shape index (κ3) is 6.18. The lowest BCUT2D eigenvalue weighted by atomic mass is 9.83. The molecule has 0 aromatic carbocycles. The average Bonchev–Trinajstić information content (AvgIpc) is 2.53. The zero-order valence-electron chi connectivity index (χ0n) is 11.6. The maximum Gasteiger partial charge on any atom is 0.0742 e. The van der Waals surface area contributed by atoms with Crippen molar-refractivity contribution in [3.8, 4) is 0 Å². The summed E-state index contributed by atoms with van der Waals surface area (Å²) in [6, 6.07) is 2.82. The molecule has 1 rings (SSSR count). The maximum atomic E-state index is 3.63. The van der Waals surface area contributed by atoms with Crippen LogP contribution in [0.1, 0.15) is 46.1 Å². The molecular weight excluding hydrogens is 374 g/mol. The zero-order valence-corrected chi connectivity index (χ0v) is 15.6. The van der Waals surface area contributed by atoms with Gasteiger partial charge >= 0.3 is 0 Å². The van der Waals surface area contributed by atoms with Crippen molar-refractivity contribution in [1.82, 2.24) is 5.32 Å². The Bertz CT molecular complexity index is 372. The molecule has 1 N–H and O–H groups in total. The van der Waals surface area contributed by atoms with Crippen LogP contribution in [0.2, 0.25) is 0 Å². The molecule has 104 valence electrons. The fraction of sp³-hybridized carbons (Fsp3) is 0.714. The average molecular weight is 397 g/mol. The Morgan fingerprint density at radius 2 is 1.94 bits per heavy atom. The quantitative estimate of drug-likeness (QED) is 0.630. The Hall–Kier alpha value is 0.620. The Morgan fingerprint density at radius 1 is 1.28 bits per heavy atom. The number of aryl methyl sites for hydroxylation is 1. The Morgan fingerprint density at radius 3 is 2.44 bits per heavy atom. The lowest BCUT2D eigenvalue weighted by Gasteiger charge is -2.25. The van der Waals surface area contributed by atoms with E-state index in [-0.39, 0.29) is 0 Å². The molecule has 0 spiro atoms. The molecule has 0 bridgehead atoms. The van der Waals surface area contributed by atoms with Crippen LogP contribution in [0, 0.1) is 5.41 Å². The highest BCUT2D eigenvalue weighted by Crippen LogP contribution is 2.35. The normalized spacial score (nSPS) is 12.4. The molecule has 0 saturated heterocycles. The van der Waals surface area contributed by atoms with Gasteiger partial charge in [0.25, 0.3) is 0 Å². The molecule has 1 aromatic heterocycles. The van der Waals surface area contributed by atoms with Gasteiger partial charge in [0, 0.05) is 6.04 Å². The molecule has 0 aliphatic carbocycles. The number of hydrogen-bond donors (Lipinski definition) is 1. The second kappa shape index (κ2) is 7.41. The molecule has 0 radical (unpaired) electrons. The van der Waals surface area contributed by atoms with E-state index in [2.05, 4.69) is 70.9 Å². The number of hydrogen-bond acceptors (Lipinski definition) is 2. The lowest BCUT2D eigenvalue weighted by Crippen LogP contribution is -2.28. The fourth-order valence-electron chi connectivity index (χ4n) is 1.84. The van der Waals surface area contributed by atoms with Gasteiger partial charge in [-0.1, -0.05) is 27.7 Å². The Kier molecular flexibility index (Phi) is 6.87. The summed E-state index contributed by atoms with van der Waals surface area (Å²) in [7, 11) is 0. The molecular formula is C14H23Br2NS. The number of rotatable bonds is 7. The number of thiophene rings is 1. The fourth-order valence-corrected chi connectivity index (χ4v) is 4.76. The van der Waals surface area contributed by atoms with Crippen molar-refractivity contribution < 1.29 is 0 Å². The highest BCUT2D eigenvalue weighted by atomic mass is 79.9. The zero-order chi connectivity index (χ0) is 13.8. The topological polar surface area (TPSA) is 12.0 Å². The van der Waals surface area contributed by atoms with Crippen LogP contribution in [0.5, 0.6) is 0 Å². The first-order valence-electron chi connectivity index (χ1n) is 6.47. The van der Waals surface area contributed by atoms with Crippen LogP contribution in [0.25, 0.3) is 0 Å². The van der Waals surface area contributed by atoms with E-state index in [1.807, 2.05) is 0 Å². The van der Waals surface area contributed by atoms with Crippen molar-refractivity contribution in [1.29, 1.82) is 0 Å². The van der Waals surface area contributed by atoms with Crippen molar-refractivity contribution in [2.45, 2.75) is 53.0 Å². The molecule has 18 heavy (non-hydrogen) atoms. The first kappa shape index (κ1) is 16.7. The smallest absolute Gasteiger partial charge is 0.0742 e. The summed E-state index contributed by atoms with van der Waals surface area (Å²) in [6.45, 7) is 10.2. The lowest BCUT2D eigenvalue weighted by molar-refractivity contribution is 0.298. The number of halogens is 2. The van der Waals surface area contributed by atoms with Crippen molar-refractivity contribution in [3.63, 3.8) is 0 Å². The summed E-state index contributed by atoms with van der Waals surface area (Å²) < 4.78 is 2.48. The van der Waals surface area contributed by atoms with E-state index >= 15 is 0 Å². The van der Waals surface area contributed by atoms with Crippen molar-refractivity contribution in [3.05, 3.63) is 19.2 Å². The predicted octanol–water partition coefficient (Wildman–Crippen LogP) is 5.62. The Balaban J connectivity index is 2.39. The summed E-state index contributed by atoms with van der Waals surface area (Å²) in [5.74, 6) is 0. The molecule has 0 saturated carbocycles. The van der Waals surface area contributed by atoms with Gasteiger partial charge in [0.2, 0.25) is 0 Å². The second-order valence-electron chi connectivity index (χ2n) is 5.87. The van der Waals surface area contributed by atoms with Crippen molar-refractivity contribution in [2.75, 3.05) is 6.54 Å². The molecule has 0 unspecified atom stereocenters. The first-order valence-corrected chi connectivity index (χ1v) is 8.87. The third-order valence-corrected chi connectivity index (χ3v) is 5.62. The largest absolute Gasteiger partial charge is 0.315 e. The van der Waals surface area contributed by atoms with Crippen LogP contribution in [-0.4, -0.2) is 12.6 Å². The molecule has 4 heteroatoms. The van der Waals surface area contributed by atoms with Gasteiger partial charge in [-0.15, -0.1) is 11.3 Å². The van der Waals surface area contributed by atoms with Crippen LogP contribution in [0.4, 0.5) is 0 Å². The van der Waals surface area contributed by atoms with Crippen LogP contribution in [0.3, 0.4) is 0 Å². The van der Waals surface area contributed by atoms with Crippen LogP contribution >= 0.6 is 43.2 Å². The molecule has 0 atom stereocenters. The van der Waals surface area contributed by atoms with Crippen LogP contribution in [-0.2, 0) is 6.42 Å². The van der Waals surface area contributed by atoms with Gasteiger partial charge in [-0.05, 0) is 74.7 Å². The molecule has 1 aromatic rings. The highest BCUT2D eigenvalue weighted by molar-refractivity contribution is 9.12. The van der Waals surface area contributed by atoms with Gasteiger partial charge in [-0.2, -0.15) is 0 Å². The van der Waals surface area contributed by atoms with Gasteiger partial charge in [-0.25, -0.2) is 0 Å². The molecule has 1 nitrogen and oxygen atoms in total. The summed E-state index contributed by atoms with van der Waals surface area (Å²) >= 11 is 8.94. The summed E-state index contributed by atoms with van der Waals surface area (Å²) in [5.41, 5.74) is 1.83. The SMILES string of the molecule is CC(C)NCCC(C)(C)CCc1cc(Br)sc1Br. The predicted molar refractivity (Wildman–Crippen MR) is 89.6 cm³/mol. The molecule has 0 aliphatic rings. The van der Waals surface area contributed by atoms with Crippen molar-refractivity contribution >= 4 is 43.2 Å². The van der Waals surface area contributed by atoms with E-state index in [1.54, 1.807) is 11.3 Å². The molecule has 0 fully saturated rings. The molecule has 1 heterocycles. The molecule has 0 aliphatic heterocycles. The minimum absolute atomic E-state index is 0.399. The van der Waals surface area contributed by atoms with Gasteiger partial charge in [0.05, 0.1) is 7.57 Å². The van der Waals surface area contributed by atoms with E-state index in [4.69, 9.17) is 0 Å². The van der Waals surface area contributed by atoms with E-state index in [0.717, 1.165) is 13.0 Å². The van der Waals surface area contributed by atoms with E-state index in [9.17, 15) is 0 Å². The van der Waals surface area contributed by atoms with Crippen molar-refractivity contribution in [2.24, 2.45) is 5.41 Å². The van der Waals surface area contributed by atoms with E-state index < -0.39 is 0 Å². The summed E-state index contributed by atoms with van der Waals surface area (Å²) in [4.78, 5) is 0. The highest BCUT2D eigenvalue weighted by Gasteiger charge is 2.18. The summed E-state index contributed by atoms with van der Waals surface area (Å²) in [5, 5.41) is 3.50. The minimum atomic E-state index is 0.399. The third-order valence-electron chi connectivity index (χ3n) is 3.15. The van der Waals surface area contributed by atoms with Gasteiger partial charge < -0.3 is 5.32 Å². The Labute approximate surface area is 132 Å². The standard InChI is InChI=1S/C14H23Br2NS/c1-10(2)17-8-7-14(3,4)6-5-11-9-12(15)18-13(11)16/h9-10,17H,5-8H2,1-4H3. The van der Waals surface area contributed by atoms with Gasteiger partial charge in [0.15, 0.2) is 0 Å². The minimum Gasteiger partial charge on any atom is -0.315 e. The molecule has 0 amide bonds. The maximum absolute atomic E-state index is 3.63. The second-order valence-corrected chi connectivity index (χ2v) is 9.62. The van der Waals surface area contributed by atoms with Crippen LogP contribution in [0.15, 0.2) is 13.6 Å². The summed E-state index contributed by atoms with van der Waals surface area (Å²) in [6.07, 6.45) is 3.61.